The van der Waals surface area contributed by atoms with E-state index in [1.807, 2.05) is 60.8 Å². The lowest BCUT2D eigenvalue weighted by atomic mass is 9.95. The lowest BCUT2D eigenvalue weighted by Gasteiger charge is -2.33. The zero-order valence-electron chi connectivity index (χ0n) is 16.8. The Balaban J connectivity index is 1.32. The maximum atomic E-state index is 12.5. The van der Waals surface area contributed by atoms with Gasteiger partial charge in [-0.1, -0.05) is 29.5 Å². The van der Waals surface area contributed by atoms with Crippen LogP contribution in [0.25, 0.3) is 10.9 Å². The van der Waals surface area contributed by atoms with Crippen molar-refractivity contribution < 1.29 is 9.53 Å². The molecule has 1 saturated heterocycles. The van der Waals surface area contributed by atoms with Crippen LogP contribution in [0.2, 0.25) is 0 Å². The number of nitrogens with one attached hydrogen (secondary N) is 1. The normalized spacial score (nSPS) is 14.5. The number of carbonyl (C=O) groups is 1. The lowest BCUT2D eigenvalue weighted by molar-refractivity contribution is -0.120. The van der Waals surface area contributed by atoms with Crippen LogP contribution in [0.5, 0.6) is 11.5 Å². The number of pyridine rings is 1. The van der Waals surface area contributed by atoms with Crippen LogP contribution in [0, 0.1) is 5.92 Å². The average Bonchev–Trinajstić information content (AvgIpc) is 3.32. The predicted molar refractivity (Wildman–Crippen MR) is 122 cm³/mol. The first-order valence-electron chi connectivity index (χ1n) is 10.2. The SMILES string of the molecule is O=C(Nc1nncs1)C1CCN(c2ccnc3ccc(Oc4ccccc4)cc23)CC1. The van der Waals surface area contributed by atoms with Gasteiger partial charge in [-0.05, 0) is 49.2 Å². The Morgan fingerprint density at radius 2 is 1.90 bits per heavy atom. The molecular weight excluding hydrogens is 410 g/mol. The molecule has 0 radical (unpaired) electrons. The fourth-order valence-corrected chi connectivity index (χ4v) is 4.34. The first kappa shape index (κ1) is 19.4. The highest BCUT2D eigenvalue weighted by molar-refractivity contribution is 7.13. The molecule has 0 spiro atoms. The Bertz CT molecular complexity index is 1180. The molecule has 1 aliphatic heterocycles. The van der Waals surface area contributed by atoms with Crippen molar-refractivity contribution in [1.82, 2.24) is 15.2 Å². The van der Waals surface area contributed by atoms with Gasteiger partial charge in [0.05, 0.1) is 5.52 Å². The Morgan fingerprint density at radius 1 is 1.06 bits per heavy atom. The molecule has 0 saturated carbocycles. The van der Waals surface area contributed by atoms with Gasteiger partial charge < -0.3 is 15.0 Å². The fourth-order valence-electron chi connectivity index (χ4n) is 3.89. The van der Waals surface area contributed by atoms with E-state index in [1.54, 1.807) is 5.51 Å². The zero-order chi connectivity index (χ0) is 21.0. The molecule has 3 heterocycles. The molecule has 156 valence electrons. The zero-order valence-corrected chi connectivity index (χ0v) is 17.6. The van der Waals surface area contributed by atoms with E-state index in [2.05, 4.69) is 25.4 Å². The predicted octanol–water partition coefficient (Wildman–Crippen LogP) is 4.73. The molecule has 7 nitrogen and oxygen atoms in total. The second-order valence-electron chi connectivity index (χ2n) is 7.42. The summed E-state index contributed by atoms with van der Waals surface area (Å²) in [5.74, 6) is 1.58. The third kappa shape index (κ3) is 4.34. The van der Waals surface area contributed by atoms with Crippen LogP contribution in [0.4, 0.5) is 10.8 Å². The Hall–Kier alpha value is -3.52. The first-order chi connectivity index (χ1) is 15.3. The molecule has 2 aromatic heterocycles. The summed E-state index contributed by atoms with van der Waals surface area (Å²) in [7, 11) is 0. The maximum absolute atomic E-state index is 12.5. The lowest BCUT2D eigenvalue weighted by Crippen LogP contribution is -2.38. The van der Waals surface area contributed by atoms with Crippen molar-refractivity contribution in [3.63, 3.8) is 0 Å². The number of para-hydroxylation sites is 1. The van der Waals surface area contributed by atoms with Crippen molar-refractivity contribution in [2.24, 2.45) is 5.92 Å². The van der Waals surface area contributed by atoms with E-state index >= 15 is 0 Å². The van der Waals surface area contributed by atoms with Crippen molar-refractivity contribution >= 4 is 39.0 Å². The Labute approximate surface area is 183 Å². The average molecular weight is 432 g/mol. The van der Waals surface area contributed by atoms with Crippen LogP contribution in [0.1, 0.15) is 12.8 Å². The minimum atomic E-state index is -0.0229. The van der Waals surface area contributed by atoms with Crippen LogP contribution in [0.15, 0.2) is 66.3 Å². The molecule has 1 amide bonds. The number of amides is 1. The molecule has 4 aromatic rings. The Kier molecular flexibility index (Phi) is 5.45. The molecular formula is C23H21N5O2S. The molecule has 2 aromatic carbocycles. The number of aromatic nitrogens is 3. The number of fused-ring (bicyclic) bond motifs is 1. The smallest absolute Gasteiger partial charge is 0.229 e. The number of rotatable bonds is 5. The molecule has 1 fully saturated rings. The summed E-state index contributed by atoms with van der Waals surface area (Å²) in [5, 5.41) is 12.1. The molecule has 5 rings (SSSR count). The molecule has 0 atom stereocenters. The number of benzene rings is 2. The fraction of sp³-hybridized carbons (Fsp3) is 0.217. The van der Waals surface area contributed by atoms with E-state index in [9.17, 15) is 4.79 Å². The highest BCUT2D eigenvalue weighted by Crippen LogP contribution is 2.33. The number of ether oxygens (including phenoxy) is 1. The van der Waals surface area contributed by atoms with Crippen molar-refractivity contribution in [3.8, 4) is 11.5 Å². The van der Waals surface area contributed by atoms with E-state index in [-0.39, 0.29) is 11.8 Å². The van der Waals surface area contributed by atoms with E-state index in [0.717, 1.165) is 54.0 Å². The minimum absolute atomic E-state index is 0.0227. The standard InChI is InChI=1S/C23H21N5O2S/c29-22(26-23-27-25-15-31-23)16-9-12-28(13-10-16)21-8-11-24-20-7-6-18(14-19(20)21)30-17-4-2-1-3-5-17/h1-8,11,14-16H,9-10,12-13H2,(H,26,27,29). The van der Waals surface area contributed by atoms with Gasteiger partial charge >= 0.3 is 0 Å². The number of piperidine rings is 1. The molecule has 31 heavy (non-hydrogen) atoms. The summed E-state index contributed by atoms with van der Waals surface area (Å²) in [6.45, 7) is 1.61. The van der Waals surface area contributed by atoms with Gasteiger partial charge in [-0.15, -0.1) is 10.2 Å². The number of hydrogen-bond donors (Lipinski definition) is 1. The minimum Gasteiger partial charge on any atom is -0.457 e. The summed E-state index contributed by atoms with van der Waals surface area (Å²) < 4.78 is 6.02. The molecule has 1 aliphatic rings. The van der Waals surface area contributed by atoms with Gasteiger partial charge in [0, 0.05) is 36.3 Å². The van der Waals surface area contributed by atoms with Gasteiger partial charge in [-0.3, -0.25) is 9.78 Å². The van der Waals surface area contributed by atoms with E-state index in [0.29, 0.717) is 5.13 Å². The van der Waals surface area contributed by atoms with Gasteiger partial charge in [0.15, 0.2) is 0 Å². The van der Waals surface area contributed by atoms with E-state index in [4.69, 9.17) is 4.74 Å². The third-order valence-electron chi connectivity index (χ3n) is 5.47. The van der Waals surface area contributed by atoms with Crippen molar-refractivity contribution in [2.45, 2.75) is 12.8 Å². The molecule has 0 bridgehead atoms. The van der Waals surface area contributed by atoms with Gasteiger partial charge in [-0.2, -0.15) is 0 Å². The molecule has 1 N–H and O–H groups in total. The monoisotopic (exact) mass is 431 g/mol. The summed E-state index contributed by atoms with van der Waals surface area (Å²) in [4.78, 5) is 19.4. The van der Waals surface area contributed by atoms with Gasteiger partial charge in [0.25, 0.3) is 0 Å². The number of anilines is 2. The second kappa shape index (κ2) is 8.69. The van der Waals surface area contributed by atoms with Crippen molar-refractivity contribution in [1.29, 1.82) is 0 Å². The van der Waals surface area contributed by atoms with Crippen LogP contribution in [0.3, 0.4) is 0 Å². The number of hydrogen-bond acceptors (Lipinski definition) is 7. The molecule has 8 heteroatoms. The van der Waals surface area contributed by atoms with Crippen LogP contribution in [-0.4, -0.2) is 34.2 Å². The molecule has 0 unspecified atom stereocenters. The van der Waals surface area contributed by atoms with Crippen molar-refractivity contribution in [3.05, 3.63) is 66.3 Å². The topological polar surface area (TPSA) is 80.2 Å². The Morgan fingerprint density at radius 3 is 2.68 bits per heavy atom. The van der Waals surface area contributed by atoms with E-state index < -0.39 is 0 Å². The van der Waals surface area contributed by atoms with Gasteiger partial charge in [0.2, 0.25) is 11.0 Å². The third-order valence-corrected chi connectivity index (χ3v) is 6.07. The first-order valence-corrected chi connectivity index (χ1v) is 11.1. The second-order valence-corrected chi connectivity index (χ2v) is 8.25. The van der Waals surface area contributed by atoms with E-state index in [1.165, 1.54) is 11.3 Å². The van der Waals surface area contributed by atoms with Crippen molar-refractivity contribution in [2.75, 3.05) is 23.3 Å². The highest BCUT2D eigenvalue weighted by atomic mass is 32.1. The largest absolute Gasteiger partial charge is 0.457 e. The molecule has 0 aliphatic carbocycles. The van der Waals surface area contributed by atoms with Gasteiger partial charge in [-0.25, -0.2) is 0 Å². The summed E-state index contributed by atoms with van der Waals surface area (Å²) >= 11 is 1.33. The summed E-state index contributed by atoms with van der Waals surface area (Å²) in [6.07, 6.45) is 3.41. The quantitative estimate of drug-likeness (QED) is 0.492. The number of nitrogens with zero attached hydrogens (tertiary/aromatic N) is 4. The van der Waals surface area contributed by atoms with Gasteiger partial charge in [0.1, 0.15) is 17.0 Å². The van der Waals surface area contributed by atoms with Crippen LogP contribution < -0.4 is 15.0 Å². The highest BCUT2D eigenvalue weighted by Gasteiger charge is 2.26. The van der Waals surface area contributed by atoms with Crippen LogP contribution in [-0.2, 0) is 4.79 Å². The maximum Gasteiger partial charge on any atom is 0.229 e. The number of carbonyl (C=O) groups excluding carboxylic acids is 1. The summed E-state index contributed by atoms with van der Waals surface area (Å²) in [6, 6.07) is 17.7. The summed E-state index contributed by atoms with van der Waals surface area (Å²) in [5.41, 5.74) is 3.66. The van der Waals surface area contributed by atoms with Crippen LogP contribution >= 0.6 is 11.3 Å².